The average molecular weight is 226 g/mol. The molecular weight excluding hydrogens is 200 g/mol. The summed E-state index contributed by atoms with van der Waals surface area (Å²) >= 11 is 0. The fraction of sp³-hybridized carbons (Fsp3) is 1.00. The lowest BCUT2D eigenvalue weighted by atomic mass is 9.83. The molecule has 0 aromatic rings. The molecule has 3 nitrogen and oxygen atoms in total. The molecule has 3 rings (SSSR count). The Morgan fingerprint density at radius 2 is 2.00 bits per heavy atom. The van der Waals surface area contributed by atoms with Gasteiger partial charge in [-0.25, -0.2) is 0 Å². The van der Waals surface area contributed by atoms with E-state index in [4.69, 9.17) is 4.74 Å². The van der Waals surface area contributed by atoms with Gasteiger partial charge in [-0.1, -0.05) is 13.8 Å². The standard InChI is InChI=1S/C13H26N2O/c1-10(2)13(9-16-3)14-12-8-15-6-4-11(12)5-7-15/h10-14H,4-9H2,1-3H3. The number of nitrogens with zero attached hydrogens (tertiary/aromatic N) is 1. The van der Waals surface area contributed by atoms with E-state index >= 15 is 0 Å². The Bertz CT molecular complexity index is 212. The molecule has 16 heavy (non-hydrogen) atoms. The zero-order chi connectivity index (χ0) is 11.5. The van der Waals surface area contributed by atoms with Crippen LogP contribution in [0.25, 0.3) is 0 Å². The fourth-order valence-corrected chi connectivity index (χ4v) is 3.04. The van der Waals surface area contributed by atoms with Crippen molar-refractivity contribution in [2.75, 3.05) is 33.4 Å². The van der Waals surface area contributed by atoms with Gasteiger partial charge < -0.3 is 15.0 Å². The summed E-state index contributed by atoms with van der Waals surface area (Å²) in [6.07, 6.45) is 2.77. The maximum Gasteiger partial charge on any atom is 0.0618 e. The number of ether oxygens (including phenoxy) is 1. The third-order valence-electron chi connectivity index (χ3n) is 4.24. The Morgan fingerprint density at radius 1 is 1.31 bits per heavy atom. The van der Waals surface area contributed by atoms with Crippen molar-refractivity contribution in [3.05, 3.63) is 0 Å². The molecule has 3 aliphatic rings. The third kappa shape index (κ3) is 2.76. The molecule has 2 bridgehead atoms. The van der Waals surface area contributed by atoms with Crippen molar-refractivity contribution in [2.45, 2.75) is 38.8 Å². The van der Waals surface area contributed by atoms with Gasteiger partial charge in [-0.15, -0.1) is 0 Å². The summed E-state index contributed by atoms with van der Waals surface area (Å²) in [5, 5.41) is 3.82. The second kappa shape index (κ2) is 5.48. The van der Waals surface area contributed by atoms with Crippen molar-refractivity contribution in [3.8, 4) is 0 Å². The summed E-state index contributed by atoms with van der Waals surface area (Å²) in [6, 6.07) is 1.21. The molecule has 0 amide bonds. The molecular formula is C13H26N2O. The van der Waals surface area contributed by atoms with E-state index in [-0.39, 0.29) is 0 Å². The number of fused-ring (bicyclic) bond motifs is 3. The van der Waals surface area contributed by atoms with Gasteiger partial charge in [0.15, 0.2) is 0 Å². The maximum absolute atomic E-state index is 5.31. The number of hydrogen-bond acceptors (Lipinski definition) is 3. The lowest BCUT2D eigenvalue weighted by molar-refractivity contribution is 0.0513. The van der Waals surface area contributed by atoms with Gasteiger partial charge in [-0.2, -0.15) is 0 Å². The van der Waals surface area contributed by atoms with Crippen molar-refractivity contribution in [3.63, 3.8) is 0 Å². The molecule has 0 saturated carbocycles. The van der Waals surface area contributed by atoms with Crippen LogP contribution in [0.15, 0.2) is 0 Å². The van der Waals surface area contributed by atoms with Crippen LogP contribution in [-0.4, -0.2) is 50.3 Å². The van der Waals surface area contributed by atoms with E-state index in [1.165, 1.54) is 32.5 Å². The summed E-state index contributed by atoms with van der Waals surface area (Å²) in [5.41, 5.74) is 0. The van der Waals surface area contributed by atoms with Crippen LogP contribution in [0.1, 0.15) is 26.7 Å². The number of hydrogen-bond donors (Lipinski definition) is 1. The van der Waals surface area contributed by atoms with Gasteiger partial charge in [0.2, 0.25) is 0 Å². The van der Waals surface area contributed by atoms with Gasteiger partial charge in [0.05, 0.1) is 6.61 Å². The lowest BCUT2D eigenvalue weighted by Gasteiger charge is -2.46. The van der Waals surface area contributed by atoms with E-state index in [0.29, 0.717) is 18.0 Å². The van der Waals surface area contributed by atoms with Gasteiger partial charge in [-0.3, -0.25) is 0 Å². The molecule has 0 radical (unpaired) electrons. The van der Waals surface area contributed by atoms with Crippen LogP contribution in [0.4, 0.5) is 0 Å². The fourth-order valence-electron chi connectivity index (χ4n) is 3.04. The Balaban J connectivity index is 1.87. The third-order valence-corrected chi connectivity index (χ3v) is 4.24. The van der Waals surface area contributed by atoms with E-state index in [0.717, 1.165) is 12.5 Å². The van der Waals surface area contributed by atoms with Crippen LogP contribution in [0.2, 0.25) is 0 Å². The highest BCUT2D eigenvalue weighted by Crippen LogP contribution is 2.28. The topological polar surface area (TPSA) is 24.5 Å². The molecule has 3 aliphatic heterocycles. The van der Waals surface area contributed by atoms with E-state index in [1.807, 2.05) is 0 Å². The number of piperidine rings is 3. The summed E-state index contributed by atoms with van der Waals surface area (Å²) < 4.78 is 5.31. The molecule has 3 fully saturated rings. The van der Waals surface area contributed by atoms with E-state index in [1.54, 1.807) is 7.11 Å². The molecule has 0 aromatic heterocycles. The molecule has 2 unspecified atom stereocenters. The molecule has 3 heterocycles. The number of methoxy groups -OCH3 is 1. The van der Waals surface area contributed by atoms with Gasteiger partial charge in [-0.05, 0) is 37.8 Å². The number of rotatable bonds is 5. The molecule has 0 aliphatic carbocycles. The summed E-state index contributed by atoms with van der Waals surface area (Å²) in [4.78, 5) is 2.60. The van der Waals surface area contributed by atoms with Gasteiger partial charge >= 0.3 is 0 Å². The first kappa shape index (κ1) is 12.3. The molecule has 2 atom stereocenters. The number of nitrogens with one attached hydrogen (secondary N) is 1. The van der Waals surface area contributed by atoms with Crippen molar-refractivity contribution >= 4 is 0 Å². The normalized spacial score (nSPS) is 35.6. The smallest absolute Gasteiger partial charge is 0.0618 e. The highest BCUT2D eigenvalue weighted by Gasteiger charge is 2.35. The second-order valence-corrected chi connectivity index (χ2v) is 5.72. The zero-order valence-corrected chi connectivity index (χ0v) is 10.9. The molecule has 0 spiro atoms. The minimum atomic E-state index is 0.510. The van der Waals surface area contributed by atoms with Crippen LogP contribution in [0.3, 0.4) is 0 Å². The van der Waals surface area contributed by atoms with Gasteiger partial charge in [0, 0.05) is 25.7 Å². The van der Waals surface area contributed by atoms with E-state index < -0.39 is 0 Å². The first-order valence-electron chi connectivity index (χ1n) is 6.68. The summed E-state index contributed by atoms with van der Waals surface area (Å²) in [6.45, 7) is 9.27. The quantitative estimate of drug-likeness (QED) is 0.765. The molecule has 3 saturated heterocycles. The highest BCUT2D eigenvalue weighted by atomic mass is 16.5. The first-order valence-corrected chi connectivity index (χ1v) is 6.68. The highest BCUT2D eigenvalue weighted by molar-refractivity contribution is 4.92. The summed E-state index contributed by atoms with van der Waals surface area (Å²) in [7, 11) is 1.80. The lowest BCUT2D eigenvalue weighted by Crippen LogP contribution is -2.59. The predicted octanol–water partition coefficient (Wildman–Crippen LogP) is 1.34. The van der Waals surface area contributed by atoms with E-state index in [2.05, 4.69) is 24.1 Å². The van der Waals surface area contributed by atoms with Gasteiger partial charge in [0.1, 0.15) is 0 Å². The largest absolute Gasteiger partial charge is 0.383 e. The minimum Gasteiger partial charge on any atom is -0.383 e. The van der Waals surface area contributed by atoms with Crippen LogP contribution >= 0.6 is 0 Å². The predicted molar refractivity (Wildman–Crippen MR) is 66.6 cm³/mol. The molecule has 3 heteroatoms. The van der Waals surface area contributed by atoms with E-state index in [9.17, 15) is 0 Å². The molecule has 0 aromatic carbocycles. The van der Waals surface area contributed by atoms with Crippen molar-refractivity contribution < 1.29 is 4.74 Å². The van der Waals surface area contributed by atoms with Crippen molar-refractivity contribution in [2.24, 2.45) is 11.8 Å². The van der Waals surface area contributed by atoms with Crippen molar-refractivity contribution in [1.29, 1.82) is 0 Å². The second-order valence-electron chi connectivity index (χ2n) is 5.72. The SMILES string of the molecule is COCC(NC1CN2CCC1CC2)C(C)C. The first-order chi connectivity index (χ1) is 7.70. The maximum atomic E-state index is 5.31. The molecule has 94 valence electrons. The minimum absolute atomic E-state index is 0.510. The van der Waals surface area contributed by atoms with Crippen LogP contribution in [0, 0.1) is 11.8 Å². The van der Waals surface area contributed by atoms with Crippen LogP contribution in [0.5, 0.6) is 0 Å². The van der Waals surface area contributed by atoms with Gasteiger partial charge in [0.25, 0.3) is 0 Å². The summed E-state index contributed by atoms with van der Waals surface area (Å²) in [5.74, 6) is 1.55. The Hall–Kier alpha value is -0.120. The Morgan fingerprint density at radius 3 is 2.44 bits per heavy atom. The van der Waals surface area contributed by atoms with Crippen molar-refractivity contribution in [1.82, 2.24) is 10.2 Å². The Labute approximate surface area is 99.5 Å². The monoisotopic (exact) mass is 226 g/mol. The average Bonchev–Trinajstić information content (AvgIpc) is 2.30. The van der Waals surface area contributed by atoms with Crippen LogP contribution in [-0.2, 0) is 4.74 Å². The molecule has 1 N–H and O–H groups in total. The Kier molecular flexibility index (Phi) is 4.22. The zero-order valence-electron chi connectivity index (χ0n) is 10.9. The van der Waals surface area contributed by atoms with Crippen LogP contribution < -0.4 is 5.32 Å².